The summed E-state index contributed by atoms with van der Waals surface area (Å²) in [5.41, 5.74) is 1.77. The van der Waals surface area contributed by atoms with Gasteiger partial charge >= 0.3 is 5.97 Å². The first-order chi connectivity index (χ1) is 12.0. The van der Waals surface area contributed by atoms with Crippen LogP contribution in [0.3, 0.4) is 0 Å². The van der Waals surface area contributed by atoms with E-state index < -0.39 is 5.97 Å². The van der Waals surface area contributed by atoms with Gasteiger partial charge in [-0.3, -0.25) is 4.79 Å². The van der Waals surface area contributed by atoms with Crippen molar-refractivity contribution in [1.29, 1.82) is 0 Å². The van der Waals surface area contributed by atoms with E-state index in [0.29, 0.717) is 27.0 Å². The molecule has 0 bridgehead atoms. The maximum absolute atomic E-state index is 12.1. The van der Waals surface area contributed by atoms with Crippen molar-refractivity contribution in [1.82, 2.24) is 0 Å². The molecular weight excluding hydrogens is 381 g/mol. The number of nitrogens with one attached hydrogen (secondary N) is 1. The van der Waals surface area contributed by atoms with E-state index in [1.807, 2.05) is 6.07 Å². The molecule has 0 aromatic heterocycles. The molecule has 7 heteroatoms. The van der Waals surface area contributed by atoms with Gasteiger partial charge < -0.3 is 10.1 Å². The standard InChI is InChI=1S/C18H17Cl2NO3S/c1-2-24-18(23)13-5-3-4-6-16(13)21-17(22)11-25-10-12-7-8-14(19)15(20)9-12/h3-9H,2,10-11H2,1H3,(H,21,22). The number of benzene rings is 2. The zero-order valence-corrected chi connectivity index (χ0v) is 15.9. The van der Waals surface area contributed by atoms with Gasteiger partial charge in [0.1, 0.15) is 0 Å². The number of halogens is 2. The Kier molecular flexibility index (Phi) is 7.62. The number of hydrogen-bond donors (Lipinski definition) is 1. The highest BCUT2D eigenvalue weighted by Gasteiger charge is 2.13. The van der Waals surface area contributed by atoms with Crippen molar-refractivity contribution in [2.45, 2.75) is 12.7 Å². The molecule has 0 radical (unpaired) electrons. The monoisotopic (exact) mass is 397 g/mol. The number of para-hydroxylation sites is 1. The first-order valence-electron chi connectivity index (χ1n) is 7.59. The van der Waals surface area contributed by atoms with Gasteiger partial charge in [0.05, 0.1) is 33.7 Å². The number of thioether (sulfide) groups is 1. The summed E-state index contributed by atoms with van der Waals surface area (Å²) in [5, 5.41) is 3.75. The van der Waals surface area contributed by atoms with Gasteiger partial charge in [0.15, 0.2) is 0 Å². The van der Waals surface area contributed by atoms with E-state index in [-0.39, 0.29) is 18.3 Å². The number of anilines is 1. The van der Waals surface area contributed by atoms with E-state index >= 15 is 0 Å². The Morgan fingerprint density at radius 2 is 1.88 bits per heavy atom. The lowest BCUT2D eigenvalue weighted by molar-refractivity contribution is -0.113. The molecular formula is C18H17Cl2NO3S. The fraction of sp³-hybridized carbons (Fsp3) is 0.222. The molecule has 0 aliphatic rings. The molecule has 0 heterocycles. The van der Waals surface area contributed by atoms with Gasteiger partial charge in [-0.25, -0.2) is 4.79 Å². The average Bonchev–Trinajstić information content (AvgIpc) is 2.59. The van der Waals surface area contributed by atoms with Gasteiger partial charge in [0.2, 0.25) is 5.91 Å². The summed E-state index contributed by atoms with van der Waals surface area (Å²) >= 11 is 13.3. The lowest BCUT2D eigenvalue weighted by atomic mass is 10.2. The minimum Gasteiger partial charge on any atom is -0.462 e. The summed E-state index contributed by atoms with van der Waals surface area (Å²) in [4.78, 5) is 24.0. The van der Waals surface area contributed by atoms with Gasteiger partial charge in [0, 0.05) is 5.75 Å². The van der Waals surface area contributed by atoms with E-state index in [2.05, 4.69) is 5.32 Å². The van der Waals surface area contributed by atoms with E-state index in [0.717, 1.165) is 5.56 Å². The highest BCUT2D eigenvalue weighted by molar-refractivity contribution is 7.99. The van der Waals surface area contributed by atoms with Gasteiger partial charge in [-0.1, -0.05) is 41.4 Å². The van der Waals surface area contributed by atoms with Gasteiger partial charge in [-0.15, -0.1) is 11.8 Å². The Balaban J connectivity index is 1.90. The van der Waals surface area contributed by atoms with Crippen LogP contribution in [-0.2, 0) is 15.3 Å². The molecule has 25 heavy (non-hydrogen) atoms. The van der Waals surface area contributed by atoms with Crippen LogP contribution >= 0.6 is 35.0 Å². The summed E-state index contributed by atoms with van der Waals surface area (Å²) < 4.78 is 4.99. The molecule has 2 rings (SSSR count). The van der Waals surface area contributed by atoms with Gasteiger partial charge in [-0.2, -0.15) is 0 Å². The lowest BCUT2D eigenvalue weighted by Gasteiger charge is -2.10. The third-order valence-electron chi connectivity index (χ3n) is 3.18. The van der Waals surface area contributed by atoms with Crippen LogP contribution in [0.5, 0.6) is 0 Å². The zero-order chi connectivity index (χ0) is 18.2. The topological polar surface area (TPSA) is 55.4 Å². The molecule has 2 aromatic rings. The average molecular weight is 398 g/mol. The fourth-order valence-electron chi connectivity index (χ4n) is 2.06. The molecule has 0 fully saturated rings. The molecule has 2 aromatic carbocycles. The maximum atomic E-state index is 12.1. The van der Waals surface area contributed by atoms with Crippen LogP contribution in [0.2, 0.25) is 10.0 Å². The predicted octanol–water partition coefficient (Wildman–Crippen LogP) is 5.04. The van der Waals surface area contributed by atoms with Crippen LogP contribution in [0.15, 0.2) is 42.5 Å². The highest BCUT2D eigenvalue weighted by atomic mass is 35.5. The second kappa shape index (κ2) is 9.70. The number of carbonyl (C=O) groups is 2. The third kappa shape index (κ3) is 5.96. The third-order valence-corrected chi connectivity index (χ3v) is 4.93. The van der Waals surface area contributed by atoms with Crippen molar-refractivity contribution < 1.29 is 14.3 Å². The summed E-state index contributed by atoms with van der Waals surface area (Å²) in [6.07, 6.45) is 0. The van der Waals surface area contributed by atoms with E-state index in [1.54, 1.807) is 43.3 Å². The largest absolute Gasteiger partial charge is 0.462 e. The fourth-order valence-corrected chi connectivity index (χ4v) is 3.15. The smallest absolute Gasteiger partial charge is 0.340 e. The van der Waals surface area contributed by atoms with Gasteiger partial charge in [0.25, 0.3) is 0 Å². The van der Waals surface area contributed by atoms with Crippen LogP contribution in [0, 0.1) is 0 Å². The molecule has 0 saturated carbocycles. The molecule has 132 valence electrons. The molecule has 1 N–H and O–H groups in total. The first kappa shape index (κ1) is 19.6. The van der Waals surface area contributed by atoms with E-state index in [4.69, 9.17) is 27.9 Å². The number of carbonyl (C=O) groups excluding carboxylic acids is 2. The predicted molar refractivity (Wildman–Crippen MR) is 104 cm³/mol. The van der Waals surface area contributed by atoms with E-state index in [9.17, 15) is 9.59 Å². The van der Waals surface area contributed by atoms with Crippen LogP contribution in [0.4, 0.5) is 5.69 Å². The highest BCUT2D eigenvalue weighted by Crippen LogP contribution is 2.25. The number of amides is 1. The van der Waals surface area contributed by atoms with Crippen molar-refractivity contribution in [3.63, 3.8) is 0 Å². The van der Waals surface area contributed by atoms with Crippen molar-refractivity contribution in [2.75, 3.05) is 17.7 Å². The molecule has 0 saturated heterocycles. The van der Waals surface area contributed by atoms with Crippen molar-refractivity contribution >= 4 is 52.5 Å². The van der Waals surface area contributed by atoms with Crippen molar-refractivity contribution in [3.05, 3.63) is 63.6 Å². The Morgan fingerprint density at radius 1 is 1.12 bits per heavy atom. The van der Waals surface area contributed by atoms with Gasteiger partial charge in [-0.05, 0) is 36.8 Å². The van der Waals surface area contributed by atoms with Crippen LogP contribution < -0.4 is 5.32 Å². The van der Waals surface area contributed by atoms with E-state index in [1.165, 1.54) is 11.8 Å². The van der Waals surface area contributed by atoms with Crippen LogP contribution in [0.1, 0.15) is 22.8 Å². The summed E-state index contributed by atoms with van der Waals surface area (Å²) in [7, 11) is 0. The second-order valence-corrected chi connectivity index (χ2v) is 6.86. The maximum Gasteiger partial charge on any atom is 0.340 e. The summed E-state index contributed by atoms with van der Waals surface area (Å²) in [6, 6.07) is 12.2. The van der Waals surface area contributed by atoms with Crippen LogP contribution in [-0.4, -0.2) is 24.2 Å². The first-order valence-corrected chi connectivity index (χ1v) is 9.50. The van der Waals surface area contributed by atoms with Crippen molar-refractivity contribution in [3.8, 4) is 0 Å². The number of ether oxygens (including phenoxy) is 1. The number of hydrogen-bond acceptors (Lipinski definition) is 4. The summed E-state index contributed by atoms with van der Waals surface area (Å²) in [6.45, 7) is 2.01. The molecule has 0 atom stereocenters. The SMILES string of the molecule is CCOC(=O)c1ccccc1NC(=O)CSCc1ccc(Cl)c(Cl)c1. The molecule has 4 nitrogen and oxygen atoms in total. The Hall–Kier alpha value is -1.69. The number of esters is 1. The molecule has 1 amide bonds. The molecule has 0 aliphatic carbocycles. The Labute approximate surface area is 160 Å². The number of rotatable bonds is 7. The minimum absolute atomic E-state index is 0.193. The Bertz CT molecular complexity index is 768. The molecule has 0 spiro atoms. The quantitative estimate of drug-likeness (QED) is 0.664. The minimum atomic E-state index is -0.457. The zero-order valence-electron chi connectivity index (χ0n) is 13.6. The second-order valence-electron chi connectivity index (χ2n) is 5.06. The Morgan fingerprint density at radius 3 is 2.60 bits per heavy atom. The lowest BCUT2D eigenvalue weighted by Crippen LogP contribution is -2.17. The molecule has 0 aliphatic heterocycles. The van der Waals surface area contributed by atoms with Crippen LogP contribution in [0.25, 0.3) is 0 Å². The summed E-state index contributed by atoms with van der Waals surface area (Å²) in [5.74, 6) is 0.227. The normalized spacial score (nSPS) is 10.4. The molecule has 0 unspecified atom stereocenters. The van der Waals surface area contributed by atoms with Crippen molar-refractivity contribution in [2.24, 2.45) is 0 Å².